The van der Waals surface area contributed by atoms with Gasteiger partial charge in [-0.05, 0) is 25.1 Å². The molecule has 0 aliphatic heterocycles. The predicted molar refractivity (Wildman–Crippen MR) is 74.4 cm³/mol. The molecule has 0 bridgehead atoms. The van der Waals surface area contributed by atoms with E-state index in [0.29, 0.717) is 11.2 Å². The SMILES string of the molecule is Cc1c(F)c(F)c(CNc2ccc3[nH]cnc3c2)c(F)c1F. The molecule has 0 fully saturated rings. The Balaban J connectivity index is 1.90. The second-order valence-electron chi connectivity index (χ2n) is 4.85. The van der Waals surface area contributed by atoms with Gasteiger partial charge >= 0.3 is 0 Å². The lowest BCUT2D eigenvalue weighted by molar-refractivity contribution is 0.433. The lowest BCUT2D eigenvalue weighted by Gasteiger charge is -2.11. The number of aromatic nitrogens is 2. The van der Waals surface area contributed by atoms with Crippen molar-refractivity contribution in [2.24, 2.45) is 0 Å². The first-order chi connectivity index (χ1) is 10.5. The molecule has 2 N–H and O–H groups in total. The molecule has 2 aromatic carbocycles. The van der Waals surface area contributed by atoms with Crippen LogP contribution in [-0.4, -0.2) is 9.97 Å². The van der Waals surface area contributed by atoms with Gasteiger partial charge in [-0.15, -0.1) is 0 Å². The number of nitrogens with one attached hydrogen (secondary N) is 2. The molecule has 1 heterocycles. The Morgan fingerprint density at radius 2 is 1.73 bits per heavy atom. The van der Waals surface area contributed by atoms with Crippen molar-refractivity contribution in [1.29, 1.82) is 0 Å². The molecule has 0 saturated carbocycles. The Hall–Kier alpha value is -2.57. The van der Waals surface area contributed by atoms with Crippen molar-refractivity contribution in [2.45, 2.75) is 13.5 Å². The summed E-state index contributed by atoms with van der Waals surface area (Å²) < 4.78 is 54.5. The van der Waals surface area contributed by atoms with Crippen molar-refractivity contribution in [3.63, 3.8) is 0 Å². The van der Waals surface area contributed by atoms with Crippen LogP contribution in [-0.2, 0) is 6.54 Å². The van der Waals surface area contributed by atoms with Gasteiger partial charge in [0.05, 0.1) is 17.4 Å². The van der Waals surface area contributed by atoms with Crippen molar-refractivity contribution in [2.75, 3.05) is 5.32 Å². The van der Waals surface area contributed by atoms with Crippen molar-refractivity contribution in [1.82, 2.24) is 9.97 Å². The molecule has 3 nitrogen and oxygen atoms in total. The van der Waals surface area contributed by atoms with Gasteiger partial charge in [-0.25, -0.2) is 22.5 Å². The molecule has 1 aromatic heterocycles. The van der Waals surface area contributed by atoms with E-state index in [2.05, 4.69) is 15.3 Å². The van der Waals surface area contributed by atoms with Crippen LogP contribution in [0.4, 0.5) is 23.2 Å². The fraction of sp³-hybridized carbons (Fsp3) is 0.133. The van der Waals surface area contributed by atoms with Crippen molar-refractivity contribution >= 4 is 16.7 Å². The third kappa shape index (κ3) is 2.28. The van der Waals surface area contributed by atoms with E-state index in [4.69, 9.17) is 0 Å². The number of hydrogen-bond acceptors (Lipinski definition) is 2. The van der Waals surface area contributed by atoms with Crippen LogP contribution in [0, 0.1) is 30.2 Å². The first-order valence-corrected chi connectivity index (χ1v) is 6.47. The van der Waals surface area contributed by atoms with Gasteiger partial charge in [0.2, 0.25) is 0 Å². The molecule has 0 unspecified atom stereocenters. The number of rotatable bonds is 3. The molecular formula is C15H11F4N3. The highest BCUT2D eigenvalue weighted by atomic mass is 19.2. The second-order valence-corrected chi connectivity index (χ2v) is 4.85. The normalized spacial score (nSPS) is 11.1. The highest BCUT2D eigenvalue weighted by Crippen LogP contribution is 2.24. The first kappa shape index (κ1) is 14.4. The molecule has 22 heavy (non-hydrogen) atoms. The van der Waals surface area contributed by atoms with Crippen LogP contribution in [0.25, 0.3) is 11.0 Å². The van der Waals surface area contributed by atoms with E-state index in [1.54, 1.807) is 18.2 Å². The molecular weight excluding hydrogens is 298 g/mol. The van der Waals surface area contributed by atoms with Gasteiger partial charge in [0.25, 0.3) is 0 Å². The Bertz CT molecular complexity index is 828. The molecule has 3 rings (SSSR count). The molecule has 0 amide bonds. The van der Waals surface area contributed by atoms with Gasteiger partial charge < -0.3 is 10.3 Å². The summed E-state index contributed by atoms with van der Waals surface area (Å²) in [6.07, 6.45) is 1.51. The Morgan fingerprint density at radius 1 is 1.05 bits per heavy atom. The number of nitrogens with zero attached hydrogens (tertiary/aromatic N) is 1. The van der Waals surface area contributed by atoms with E-state index in [1.165, 1.54) is 6.33 Å². The van der Waals surface area contributed by atoms with Crippen LogP contribution in [0.15, 0.2) is 24.5 Å². The van der Waals surface area contributed by atoms with Gasteiger partial charge in [-0.1, -0.05) is 0 Å². The number of halogens is 4. The van der Waals surface area contributed by atoms with Crippen LogP contribution < -0.4 is 5.32 Å². The lowest BCUT2D eigenvalue weighted by atomic mass is 10.1. The van der Waals surface area contributed by atoms with Crippen LogP contribution in [0.5, 0.6) is 0 Å². The number of imidazole rings is 1. The third-order valence-corrected chi connectivity index (χ3v) is 3.46. The average Bonchev–Trinajstić information content (AvgIpc) is 2.98. The Labute approximate surface area is 123 Å². The van der Waals surface area contributed by atoms with E-state index in [1.807, 2.05) is 0 Å². The van der Waals surface area contributed by atoms with Crippen LogP contribution >= 0.6 is 0 Å². The van der Waals surface area contributed by atoms with Crippen LogP contribution in [0.2, 0.25) is 0 Å². The van der Waals surface area contributed by atoms with E-state index in [9.17, 15) is 17.6 Å². The van der Waals surface area contributed by atoms with Gasteiger partial charge in [-0.3, -0.25) is 0 Å². The maximum Gasteiger partial charge on any atom is 0.167 e. The summed E-state index contributed by atoms with van der Waals surface area (Å²) in [6, 6.07) is 5.05. The Morgan fingerprint density at radius 3 is 2.41 bits per heavy atom. The highest BCUT2D eigenvalue weighted by molar-refractivity contribution is 5.78. The molecule has 0 aliphatic rings. The van der Waals surface area contributed by atoms with Gasteiger partial charge in [0.1, 0.15) is 0 Å². The second kappa shape index (κ2) is 5.32. The van der Waals surface area contributed by atoms with Gasteiger partial charge in [0.15, 0.2) is 23.3 Å². The lowest BCUT2D eigenvalue weighted by Crippen LogP contribution is -2.10. The van der Waals surface area contributed by atoms with Crippen LogP contribution in [0.3, 0.4) is 0 Å². The fourth-order valence-corrected chi connectivity index (χ4v) is 2.17. The minimum Gasteiger partial charge on any atom is -0.381 e. The summed E-state index contributed by atoms with van der Waals surface area (Å²) in [5, 5.41) is 2.73. The van der Waals surface area contributed by atoms with E-state index < -0.39 is 34.4 Å². The number of aromatic amines is 1. The topological polar surface area (TPSA) is 40.7 Å². The summed E-state index contributed by atoms with van der Waals surface area (Å²) in [7, 11) is 0. The van der Waals surface area contributed by atoms with Crippen LogP contribution in [0.1, 0.15) is 11.1 Å². The van der Waals surface area contributed by atoms with Gasteiger partial charge in [0, 0.05) is 23.4 Å². The highest BCUT2D eigenvalue weighted by Gasteiger charge is 2.22. The zero-order valence-electron chi connectivity index (χ0n) is 11.5. The summed E-state index contributed by atoms with van der Waals surface area (Å²) >= 11 is 0. The largest absolute Gasteiger partial charge is 0.381 e. The maximum absolute atomic E-state index is 13.8. The number of benzene rings is 2. The first-order valence-electron chi connectivity index (χ1n) is 6.47. The third-order valence-electron chi connectivity index (χ3n) is 3.46. The maximum atomic E-state index is 13.8. The number of hydrogen-bond donors (Lipinski definition) is 2. The monoisotopic (exact) mass is 309 g/mol. The number of H-pyrrole nitrogens is 1. The standard InChI is InChI=1S/C15H11F4N3/c1-7-12(16)14(18)9(15(19)13(7)17)5-20-8-2-3-10-11(4-8)22-6-21-10/h2-4,6,20H,5H2,1H3,(H,21,22). The van der Waals surface area contributed by atoms with E-state index in [0.717, 1.165) is 12.4 Å². The minimum absolute atomic E-state index is 0.387. The molecule has 3 aromatic rings. The quantitative estimate of drug-likeness (QED) is 0.566. The number of anilines is 1. The molecule has 0 aliphatic carbocycles. The average molecular weight is 309 g/mol. The van der Waals surface area contributed by atoms with Crippen molar-refractivity contribution in [3.05, 3.63) is 58.9 Å². The molecule has 0 atom stereocenters. The van der Waals surface area contributed by atoms with Crippen molar-refractivity contribution in [3.8, 4) is 0 Å². The summed E-state index contributed by atoms with van der Waals surface area (Å²) in [5.74, 6) is -5.52. The van der Waals surface area contributed by atoms with E-state index >= 15 is 0 Å². The molecule has 0 spiro atoms. The summed E-state index contributed by atoms with van der Waals surface area (Å²) in [4.78, 5) is 6.95. The Kier molecular flexibility index (Phi) is 3.48. The number of fused-ring (bicyclic) bond motifs is 1. The summed E-state index contributed by atoms with van der Waals surface area (Å²) in [6.45, 7) is 0.598. The molecule has 0 radical (unpaired) electrons. The zero-order valence-corrected chi connectivity index (χ0v) is 11.5. The summed E-state index contributed by atoms with van der Waals surface area (Å²) in [5.41, 5.74) is 0.641. The smallest absolute Gasteiger partial charge is 0.167 e. The van der Waals surface area contributed by atoms with Gasteiger partial charge in [-0.2, -0.15) is 0 Å². The molecule has 0 saturated heterocycles. The molecule has 114 valence electrons. The fourth-order valence-electron chi connectivity index (χ4n) is 2.17. The zero-order chi connectivity index (χ0) is 15.9. The minimum atomic E-state index is -1.38. The van der Waals surface area contributed by atoms with E-state index in [-0.39, 0.29) is 6.54 Å². The molecule has 7 heteroatoms. The van der Waals surface area contributed by atoms with Crippen molar-refractivity contribution < 1.29 is 17.6 Å². The predicted octanol–water partition coefficient (Wildman–Crippen LogP) is 4.04.